The smallest absolute Gasteiger partial charge is 0.173 e. The van der Waals surface area contributed by atoms with E-state index in [1.165, 1.54) is 22.6 Å². The third-order valence-electron chi connectivity index (χ3n) is 5.68. The van der Waals surface area contributed by atoms with Crippen LogP contribution in [0.1, 0.15) is 22.3 Å². The quantitative estimate of drug-likeness (QED) is 0.462. The van der Waals surface area contributed by atoms with Gasteiger partial charge in [0.1, 0.15) is 5.82 Å². The van der Waals surface area contributed by atoms with E-state index in [1.807, 2.05) is 28.9 Å². The molecule has 0 unspecified atom stereocenters. The van der Waals surface area contributed by atoms with Gasteiger partial charge in [-0.2, -0.15) is 0 Å². The maximum absolute atomic E-state index is 13.3. The van der Waals surface area contributed by atoms with Crippen LogP contribution in [0.5, 0.6) is 0 Å². The van der Waals surface area contributed by atoms with Crippen molar-refractivity contribution in [2.24, 2.45) is 0 Å². The number of tetrazole rings is 1. The highest BCUT2D eigenvalue weighted by molar-refractivity contribution is 7.09. The third kappa shape index (κ3) is 4.35. The van der Waals surface area contributed by atoms with Gasteiger partial charge >= 0.3 is 0 Å². The van der Waals surface area contributed by atoms with Crippen molar-refractivity contribution in [1.82, 2.24) is 25.1 Å². The Labute approximate surface area is 184 Å². The number of halogens is 1. The molecule has 158 valence electrons. The highest BCUT2D eigenvalue weighted by Crippen LogP contribution is 2.29. The van der Waals surface area contributed by atoms with Crippen LogP contribution in [-0.4, -0.2) is 51.3 Å². The predicted octanol–water partition coefficient (Wildman–Crippen LogP) is 3.83. The Morgan fingerprint density at radius 3 is 2.39 bits per heavy atom. The number of hydrogen-bond donors (Lipinski definition) is 0. The van der Waals surface area contributed by atoms with Crippen LogP contribution in [-0.2, 0) is 6.54 Å². The van der Waals surface area contributed by atoms with Crippen molar-refractivity contribution in [3.63, 3.8) is 0 Å². The Kier molecular flexibility index (Phi) is 5.73. The van der Waals surface area contributed by atoms with Gasteiger partial charge in [0.05, 0.1) is 12.6 Å². The van der Waals surface area contributed by atoms with Crippen molar-refractivity contribution in [3.8, 4) is 0 Å². The van der Waals surface area contributed by atoms with Crippen molar-refractivity contribution in [3.05, 3.63) is 94.2 Å². The summed E-state index contributed by atoms with van der Waals surface area (Å²) in [7, 11) is 0. The molecule has 1 atom stereocenters. The second-order valence-corrected chi connectivity index (χ2v) is 8.62. The molecule has 1 saturated heterocycles. The molecule has 3 heterocycles. The van der Waals surface area contributed by atoms with Gasteiger partial charge in [-0.3, -0.25) is 4.90 Å². The minimum atomic E-state index is -0.205. The van der Waals surface area contributed by atoms with Crippen molar-refractivity contribution >= 4 is 17.0 Å². The molecule has 6 nitrogen and oxygen atoms in total. The maximum atomic E-state index is 13.3. The summed E-state index contributed by atoms with van der Waals surface area (Å²) in [5.74, 6) is 0.652. The average molecular weight is 435 g/mol. The first kappa shape index (κ1) is 19.8. The number of nitrogens with zero attached hydrogens (tertiary/aromatic N) is 6. The molecule has 0 bridgehead atoms. The third-order valence-corrected chi connectivity index (χ3v) is 6.54. The van der Waals surface area contributed by atoms with Gasteiger partial charge in [-0.25, -0.2) is 9.07 Å². The first-order valence-corrected chi connectivity index (χ1v) is 11.2. The summed E-state index contributed by atoms with van der Waals surface area (Å²) in [5, 5.41) is 14.8. The molecule has 0 N–H and O–H groups in total. The average Bonchev–Trinajstić information content (AvgIpc) is 3.49. The van der Waals surface area contributed by atoms with Crippen LogP contribution >= 0.6 is 11.3 Å². The monoisotopic (exact) mass is 434 g/mol. The van der Waals surface area contributed by atoms with E-state index in [4.69, 9.17) is 0 Å². The summed E-state index contributed by atoms with van der Waals surface area (Å²) in [6, 6.07) is 21.3. The summed E-state index contributed by atoms with van der Waals surface area (Å²) in [6.07, 6.45) is 0. The van der Waals surface area contributed by atoms with Crippen molar-refractivity contribution in [2.45, 2.75) is 12.6 Å². The lowest BCUT2D eigenvalue weighted by atomic mass is 10.0. The minimum absolute atomic E-state index is 0.0217. The number of piperazine rings is 1. The maximum Gasteiger partial charge on any atom is 0.173 e. The van der Waals surface area contributed by atoms with Gasteiger partial charge in [0.2, 0.25) is 0 Å². The van der Waals surface area contributed by atoms with E-state index >= 15 is 0 Å². The summed E-state index contributed by atoms with van der Waals surface area (Å²) in [4.78, 5) is 5.96. The van der Waals surface area contributed by atoms with Crippen LogP contribution in [0.2, 0.25) is 0 Å². The topological polar surface area (TPSA) is 50.1 Å². The summed E-state index contributed by atoms with van der Waals surface area (Å²) in [6.45, 7) is 4.12. The van der Waals surface area contributed by atoms with Gasteiger partial charge in [-0.1, -0.05) is 36.4 Å². The molecule has 0 saturated carbocycles. The summed E-state index contributed by atoms with van der Waals surface area (Å²) in [5.41, 5.74) is 2.24. The van der Waals surface area contributed by atoms with E-state index in [0.717, 1.165) is 37.7 Å². The number of aromatic nitrogens is 4. The van der Waals surface area contributed by atoms with Crippen LogP contribution in [0.3, 0.4) is 0 Å². The molecule has 5 rings (SSSR count). The molecule has 0 spiro atoms. The van der Waals surface area contributed by atoms with Crippen LogP contribution in [0.15, 0.2) is 72.1 Å². The second-order valence-electron chi connectivity index (χ2n) is 7.59. The molecular formula is C23H23FN6S. The molecular weight excluding hydrogens is 411 g/mol. The molecule has 2 aromatic carbocycles. The highest BCUT2D eigenvalue weighted by atomic mass is 32.1. The minimum Gasteiger partial charge on any atom is -0.369 e. The second kappa shape index (κ2) is 8.95. The lowest BCUT2D eigenvalue weighted by Crippen LogP contribution is -2.48. The summed E-state index contributed by atoms with van der Waals surface area (Å²) < 4.78 is 15.2. The Morgan fingerprint density at radius 2 is 1.68 bits per heavy atom. The van der Waals surface area contributed by atoms with Gasteiger partial charge in [0, 0.05) is 36.7 Å². The molecule has 0 amide bonds. The fourth-order valence-electron chi connectivity index (χ4n) is 4.12. The van der Waals surface area contributed by atoms with Gasteiger partial charge in [0.25, 0.3) is 0 Å². The van der Waals surface area contributed by atoms with Crippen molar-refractivity contribution in [1.29, 1.82) is 0 Å². The SMILES string of the molecule is Fc1ccc(N2CCN([C@@H](c3ccccc3)c3nnnn3Cc3cccs3)CC2)cc1. The van der Waals surface area contributed by atoms with Gasteiger partial charge < -0.3 is 4.90 Å². The molecule has 0 radical (unpaired) electrons. The molecule has 1 aliphatic rings. The normalized spacial score (nSPS) is 15.8. The molecule has 8 heteroatoms. The molecule has 1 aliphatic heterocycles. The van der Waals surface area contributed by atoms with Gasteiger partial charge in [0.15, 0.2) is 5.82 Å². The van der Waals surface area contributed by atoms with E-state index in [0.29, 0.717) is 6.54 Å². The van der Waals surface area contributed by atoms with Crippen LogP contribution in [0.4, 0.5) is 10.1 Å². The zero-order valence-corrected chi connectivity index (χ0v) is 17.8. The number of rotatable bonds is 6. The number of thiophene rings is 1. The number of anilines is 1. The van der Waals surface area contributed by atoms with Crippen LogP contribution < -0.4 is 4.90 Å². The lowest BCUT2D eigenvalue weighted by Gasteiger charge is -2.39. The standard InChI is InChI=1S/C23H23FN6S/c24-19-8-10-20(11-9-19)28-12-14-29(15-13-28)22(18-5-2-1-3-6-18)23-25-26-27-30(23)17-21-7-4-16-31-21/h1-11,16,22H,12-15,17H2/t22-/m0/s1. The first-order chi connectivity index (χ1) is 15.3. The number of hydrogen-bond acceptors (Lipinski definition) is 6. The predicted molar refractivity (Wildman–Crippen MR) is 120 cm³/mol. The molecule has 0 aliphatic carbocycles. The van der Waals surface area contributed by atoms with E-state index in [-0.39, 0.29) is 11.9 Å². The fourth-order valence-corrected chi connectivity index (χ4v) is 4.80. The molecule has 31 heavy (non-hydrogen) atoms. The Morgan fingerprint density at radius 1 is 0.903 bits per heavy atom. The number of benzene rings is 2. The largest absolute Gasteiger partial charge is 0.369 e. The van der Waals surface area contributed by atoms with E-state index in [9.17, 15) is 4.39 Å². The van der Waals surface area contributed by atoms with Crippen molar-refractivity contribution in [2.75, 3.05) is 31.1 Å². The van der Waals surface area contributed by atoms with Crippen molar-refractivity contribution < 1.29 is 4.39 Å². The lowest BCUT2D eigenvalue weighted by molar-refractivity contribution is 0.201. The van der Waals surface area contributed by atoms with Crippen LogP contribution in [0.25, 0.3) is 0 Å². The Hall–Kier alpha value is -3.10. The molecule has 4 aromatic rings. The zero-order chi connectivity index (χ0) is 21.0. The fraction of sp³-hybridized carbons (Fsp3) is 0.261. The highest BCUT2D eigenvalue weighted by Gasteiger charge is 2.30. The molecule has 1 fully saturated rings. The zero-order valence-electron chi connectivity index (χ0n) is 17.0. The molecule has 2 aromatic heterocycles. The first-order valence-electron chi connectivity index (χ1n) is 10.4. The van der Waals surface area contributed by atoms with E-state index < -0.39 is 0 Å². The van der Waals surface area contributed by atoms with E-state index in [1.54, 1.807) is 11.3 Å². The van der Waals surface area contributed by atoms with Gasteiger partial charge in [-0.15, -0.1) is 16.4 Å². The van der Waals surface area contributed by atoms with Gasteiger partial charge in [-0.05, 0) is 51.7 Å². The summed E-state index contributed by atoms with van der Waals surface area (Å²) >= 11 is 1.71. The van der Waals surface area contributed by atoms with E-state index in [2.05, 4.69) is 61.0 Å². The van der Waals surface area contributed by atoms with Crippen LogP contribution in [0, 0.1) is 5.82 Å². The Balaban J connectivity index is 1.40. The Bertz CT molecular complexity index is 1090.